The number of H-pyrrole nitrogens is 1. The number of carbonyl (C=O) groups is 2. The number of aromatic hydroxyl groups is 1. The number of hydrogen-bond acceptors (Lipinski definition) is 6. The van der Waals surface area contributed by atoms with Gasteiger partial charge in [-0.25, -0.2) is 0 Å². The second kappa shape index (κ2) is 10.5. The first-order valence-electron chi connectivity index (χ1n) is 12.5. The minimum atomic E-state index is -0.558. The Bertz CT molecular complexity index is 1440. The minimum Gasteiger partial charge on any atom is -0.493 e. The summed E-state index contributed by atoms with van der Waals surface area (Å²) in [7, 11) is 1.60. The molecule has 0 spiro atoms. The first kappa shape index (κ1) is 25.2. The van der Waals surface area contributed by atoms with Crippen molar-refractivity contribution in [3.05, 3.63) is 57.0 Å². The fourth-order valence-corrected chi connectivity index (χ4v) is 5.60. The van der Waals surface area contributed by atoms with Gasteiger partial charge in [0.1, 0.15) is 0 Å². The van der Waals surface area contributed by atoms with Crippen molar-refractivity contribution in [2.45, 2.75) is 38.1 Å². The Hall–Kier alpha value is -3.50. The molecule has 11 heteroatoms. The Labute approximate surface area is 218 Å². The molecule has 0 aliphatic carbocycles. The summed E-state index contributed by atoms with van der Waals surface area (Å²) in [6.45, 7) is 3.69. The van der Waals surface area contributed by atoms with E-state index in [1.807, 2.05) is 4.90 Å². The number of fused-ring (bicyclic) bond motifs is 1. The lowest BCUT2D eigenvalue weighted by atomic mass is 10.1. The van der Waals surface area contributed by atoms with Crippen molar-refractivity contribution in [3.63, 3.8) is 0 Å². The van der Waals surface area contributed by atoms with Gasteiger partial charge in [-0.3, -0.25) is 14.4 Å². The highest BCUT2D eigenvalue weighted by Gasteiger charge is 2.33. The number of likely N-dealkylation sites (tertiary alicyclic amines) is 2. The van der Waals surface area contributed by atoms with Crippen LogP contribution in [0.5, 0.6) is 5.88 Å². The molecule has 3 aromatic rings. The van der Waals surface area contributed by atoms with E-state index >= 15 is 0 Å². The van der Waals surface area contributed by atoms with Gasteiger partial charge in [-0.1, -0.05) is 17.7 Å². The highest BCUT2D eigenvalue weighted by Crippen LogP contribution is 2.41. The summed E-state index contributed by atoms with van der Waals surface area (Å²) >= 11 is 6.72. The number of benzene rings is 1. The highest BCUT2D eigenvalue weighted by atomic mass is 35.5. The van der Waals surface area contributed by atoms with Crippen molar-refractivity contribution >= 4 is 40.0 Å². The number of aromatic amines is 1. The maximum Gasteiger partial charge on any atom is 0.269 e. The van der Waals surface area contributed by atoms with Gasteiger partial charge in [0.15, 0.2) is 5.69 Å². The third-order valence-corrected chi connectivity index (χ3v) is 7.55. The lowest BCUT2D eigenvalue weighted by molar-refractivity contribution is -0.117. The fourth-order valence-electron chi connectivity index (χ4n) is 5.26. The van der Waals surface area contributed by atoms with Crippen LogP contribution in [0.15, 0.2) is 45.5 Å². The van der Waals surface area contributed by atoms with E-state index in [2.05, 4.69) is 20.1 Å². The predicted octanol–water partition coefficient (Wildman–Crippen LogP) is 3.78. The maximum atomic E-state index is 13.6. The van der Waals surface area contributed by atoms with E-state index in [9.17, 15) is 19.5 Å². The van der Waals surface area contributed by atoms with E-state index in [1.165, 1.54) is 23.5 Å². The van der Waals surface area contributed by atoms with E-state index in [1.54, 1.807) is 31.4 Å². The topological polar surface area (TPSA) is 123 Å². The van der Waals surface area contributed by atoms with Gasteiger partial charge in [0.25, 0.3) is 11.8 Å². The molecule has 1 unspecified atom stereocenters. The molecule has 2 amide bonds. The molecule has 0 radical (unpaired) electrons. The van der Waals surface area contributed by atoms with Crippen molar-refractivity contribution in [2.75, 3.05) is 26.2 Å². The predicted molar refractivity (Wildman–Crippen MR) is 140 cm³/mol. The van der Waals surface area contributed by atoms with Gasteiger partial charge in [0.2, 0.25) is 11.4 Å². The lowest BCUT2D eigenvalue weighted by Crippen LogP contribution is -2.42. The van der Waals surface area contributed by atoms with Crippen LogP contribution in [-0.4, -0.2) is 68.5 Å². The van der Waals surface area contributed by atoms with E-state index in [-0.39, 0.29) is 40.5 Å². The maximum absolute atomic E-state index is 13.6. The average Bonchev–Trinajstić information content (AvgIpc) is 3.61. The van der Waals surface area contributed by atoms with Crippen molar-refractivity contribution in [3.8, 4) is 5.88 Å². The number of aryl methyl sites for hydroxylation is 1. The lowest BCUT2D eigenvalue weighted by Gasteiger charge is -2.29. The molecule has 2 N–H and O–H groups in total. The number of nitrogens with zero attached hydrogens (tertiary/aromatic N) is 5. The van der Waals surface area contributed by atoms with Crippen LogP contribution in [-0.2, 0) is 18.3 Å². The van der Waals surface area contributed by atoms with Crippen molar-refractivity contribution in [2.24, 2.45) is 17.3 Å². The number of amides is 2. The molecule has 0 bridgehead atoms. The molecule has 5 rings (SSSR count). The summed E-state index contributed by atoms with van der Waals surface area (Å²) in [5, 5.41) is 18.7. The Morgan fingerprint density at radius 2 is 1.92 bits per heavy atom. The zero-order chi connectivity index (χ0) is 26.1. The van der Waals surface area contributed by atoms with Gasteiger partial charge in [0.05, 0.1) is 27.9 Å². The number of pyridine rings is 1. The zero-order valence-corrected chi connectivity index (χ0v) is 21.4. The largest absolute Gasteiger partial charge is 0.493 e. The molecule has 2 aromatic heterocycles. The quantitative estimate of drug-likeness (QED) is 0.475. The number of halogens is 1. The molecule has 10 nitrogen and oxygen atoms in total. The average molecular weight is 525 g/mol. The highest BCUT2D eigenvalue weighted by molar-refractivity contribution is 6.39. The summed E-state index contributed by atoms with van der Waals surface area (Å²) in [6.07, 6.45) is 5.81. The molecule has 2 aliphatic heterocycles. The number of carbonyl (C=O) groups excluding carboxylic acids is 2. The minimum absolute atomic E-state index is 0.00139. The van der Waals surface area contributed by atoms with Crippen LogP contribution in [0.1, 0.15) is 41.6 Å². The third-order valence-electron chi connectivity index (χ3n) is 7.16. The SMILES string of the molecule is Cn1cc(CC(=O)N=Nc2c(O)[nH]c3ccc(C(=O)N4CCCC4CN4CCCC4)c(Cl)c23)ccc1=O. The molecule has 2 aliphatic rings. The van der Waals surface area contributed by atoms with Crippen LogP contribution in [0.3, 0.4) is 0 Å². The van der Waals surface area contributed by atoms with Crippen LogP contribution in [0.4, 0.5) is 5.69 Å². The molecular formula is C26H29ClN6O4. The Morgan fingerprint density at radius 3 is 2.68 bits per heavy atom. The summed E-state index contributed by atoms with van der Waals surface area (Å²) in [6, 6.07) is 6.40. The summed E-state index contributed by atoms with van der Waals surface area (Å²) in [4.78, 5) is 44.6. The molecule has 2 saturated heterocycles. The standard InChI is InChI=1S/C26H29ClN6O4/c1-31-14-16(6-9-21(31)35)13-20(34)29-30-24-22-19(28-25(24)36)8-7-18(23(22)27)26(37)33-12-4-5-17(33)15-32-10-2-3-11-32/h6-9,14,17,28,36H,2-5,10-13,15H2,1H3. The number of azo groups is 1. The Morgan fingerprint density at radius 1 is 1.14 bits per heavy atom. The number of rotatable bonds is 6. The second-order valence-electron chi connectivity index (χ2n) is 9.73. The van der Waals surface area contributed by atoms with E-state index in [0.717, 1.165) is 32.5 Å². The van der Waals surface area contributed by atoms with Crippen LogP contribution < -0.4 is 5.56 Å². The van der Waals surface area contributed by atoms with E-state index in [0.29, 0.717) is 28.6 Å². The first-order valence-corrected chi connectivity index (χ1v) is 12.9. The normalized spacial score (nSPS) is 18.4. The molecule has 0 saturated carbocycles. The molecular weight excluding hydrogens is 496 g/mol. The Balaban J connectivity index is 1.39. The molecule has 2 fully saturated rings. The van der Waals surface area contributed by atoms with Crippen LogP contribution in [0.2, 0.25) is 5.02 Å². The van der Waals surface area contributed by atoms with Crippen LogP contribution in [0.25, 0.3) is 10.9 Å². The molecule has 4 heterocycles. The van der Waals surface area contributed by atoms with Gasteiger partial charge < -0.3 is 24.5 Å². The molecule has 194 valence electrons. The molecule has 37 heavy (non-hydrogen) atoms. The smallest absolute Gasteiger partial charge is 0.269 e. The number of nitrogens with one attached hydrogen (secondary N) is 1. The van der Waals surface area contributed by atoms with E-state index < -0.39 is 5.91 Å². The summed E-state index contributed by atoms with van der Waals surface area (Å²) in [5.41, 5.74) is 1.23. The monoisotopic (exact) mass is 524 g/mol. The van der Waals surface area contributed by atoms with Gasteiger partial charge in [-0.15, -0.1) is 10.2 Å². The van der Waals surface area contributed by atoms with Crippen LogP contribution >= 0.6 is 11.6 Å². The Kier molecular flexibility index (Phi) is 7.12. The number of aromatic nitrogens is 2. The van der Waals surface area contributed by atoms with E-state index in [4.69, 9.17) is 11.6 Å². The van der Waals surface area contributed by atoms with Crippen molar-refractivity contribution < 1.29 is 14.7 Å². The number of hydrogen-bond donors (Lipinski definition) is 2. The first-order chi connectivity index (χ1) is 17.8. The summed E-state index contributed by atoms with van der Waals surface area (Å²) in [5.74, 6) is -1.01. The van der Waals surface area contributed by atoms with Gasteiger partial charge >= 0.3 is 0 Å². The third kappa shape index (κ3) is 5.17. The molecule has 1 aromatic carbocycles. The van der Waals surface area contributed by atoms with Gasteiger partial charge in [-0.2, -0.15) is 0 Å². The van der Waals surface area contributed by atoms with Gasteiger partial charge in [-0.05, 0) is 56.5 Å². The van der Waals surface area contributed by atoms with Crippen LogP contribution in [0, 0.1) is 0 Å². The van der Waals surface area contributed by atoms with Crippen molar-refractivity contribution in [1.29, 1.82) is 0 Å². The fraction of sp³-hybridized carbons (Fsp3) is 0.423. The van der Waals surface area contributed by atoms with Gasteiger partial charge in [0, 0.05) is 38.4 Å². The van der Waals surface area contributed by atoms with Crippen molar-refractivity contribution in [1.82, 2.24) is 19.4 Å². The zero-order valence-electron chi connectivity index (χ0n) is 20.6. The molecule has 1 atom stereocenters. The second-order valence-corrected chi connectivity index (χ2v) is 10.1. The summed E-state index contributed by atoms with van der Waals surface area (Å²) < 4.78 is 1.37.